The Morgan fingerprint density at radius 3 is 2.27 bits per heavy atom. The van der Waals surface area contributed by atoms with Crippen LogP contribution in [0.5, 0.6) is 5.75 Å². The molecule has 0 bridgehead atoms. The summed E-state index contributed by atoms with van der Waals surface area (Å²) in [6, 6.07) is 20.0. The van der Waals surface area contributed by atoms with E-state index in [0.717, 1.165) is 40.0 Å². The van der Waals surface area contributed by atoms with Crippen LogP contribution in [0.15, 0.2) is 82.4 Å². The first-order valence-corrected chi connectivity index (χ1v) is 13.2. The molecule has 1 aromatic heterocycles. The smallest absolute Gasteiger partial charge is 0.331 e. The molecule has 3 aromatic carbocycles. The van der Waals surface area contributed by atoms with E-state index in [2.05, 4.69) is 0 Å². The van der Waals surface area contributed by atoms with Crippen LogP contribution in [0.2, 0.25) is 0 Å². The van der Waals surface area contributed by atoms with Gasteiger partial charge in [-0.05, 0) is 48.7 Å². The van der Waals surface area contributed by atoms with E-state index in [1.165, 1.54) is 10.6 Å². The number of hydrogen-bond acceptors (Lipinski definition) is 5. The van der Waals surface area contributed by atoms with Crippen LogP contribution in [0.25, 0.3) is 0 Å². The zero-order valence-electron chi connectivity index (χ0n) is 22.5. The molecule has 2 N–H and O–H groups in total. The van der Waals surface area contributed by atoms with Crippen molar-refractivity contribution >= 4 is 5.69 Å². The van der Waals surface area contributed by atoms with Crippen molar-refractivity contribution in [1.29, 1.82) is 0 Å². The zero-order chi connectivity index (χ0) is 28.4. The summed E-state index contributed by atoms with van der Waals surface area (Å²) in [5, 5.41) is 0. The van der Waals surface area contributed by atoms with E-state index in [-0.39, 0.29) is 24.6 Å². The van der Waals surface area contributed by atoms with Crippen LogP contribution >= 0.6 is 0 Å². The van der Waals surface area contributed by atoms with Gasteiger partial charge in [0.05, 0.1) is 20.2 Å². The lowest BCUT2D eigenvalue weighted by Crippen LogP contribution is -2.46. The van der Waals surface area contributed by atoms with Gasteiger partial charge in [-0.15, -0.1) is 0 Å². The number of ether oxygens (including phenoxy) is 1. The first-order valence-electron chi connectivity index (χ1n) is 13.2. The predicted molar refractivity (Wildman–Crippen MR) is 151 cm³/mol. The Morgan fingerprint density at radius 2 is 1.62 bits per heavy atom. The van der Waals surface area contributed by atoms with Gasteiger partial charge in [0, 0.05) is 36.3 Å². The fraction of sp³-hybridized carbons (Fsp3) is 0.290. The molecular weight excluding hydrogens is 514 g/mol. The highest BCUT2D eigenvalue weighted by atomic mass is 19.1. The summed E-state index contributed by atoms with van der Waals surface area (Å²) >= 11 is 0. The van der Waals surface area contributed by atoms with Crippen molar-refractivity contribution in [1.82, 2.24) is 9.13 Å². The highest BCUT2D eigenvalue weighted by Gasteiger charge is 2.30. The minimum atomic E-state index is -0.757. The molecule has 0 spiro atoms. The Balaban J connectivity index is 1.57. The van der Waals surface area contributed by atoms with Crippen molar-refractivity contribution in [3.8, 4) is 5.75 Å². The average molecular weight is 547 g/mol. The third kappa shape index (κ3) is 5.29. The second-order valence-corrected chi connectivity index (χ2v) is 10.1. The molecule has 0 aliphatic carbocycles. The Kier molecular flexibility index (Phi) is 7.84. The van der Waals surface area contributed by atoms with Crippen LogP contribution in [0.3, 0.4) is 0 Å². The second-order valence-electron chi connectivity index (χ2n) is 10.1. The van der Waals surface area contributed by atoms with Gasteiger partial charge in [0.2, 0.25) is 0 Å². The Hall–Kier alpha value is -4.24. The third-order valence-corrected chi connectivity index (χ3v) is 7.73. The highest BCUT2D eigenvalue weighted by molar-refractivity contribution is 5.51. The normalized spacial score (nSPS) is 15.8. The maximum Gasteiger partial charge on any atom is 0.331 e. The summed E-state index contributed by atoms with van der Waals surface area (Å²) in [5.41, 5.74) is 7.65. The van der Waals surface area contributed by atoms with E-state index in [1.54, 1.807) is 14.0 Å². The van der Waals surface area contributed by atoms with E-state index in [4.69, 9.17) is 10.5 Å². The van der Waals surface area contributed by atoms with Gasteiger partial charge >= 0.3 is 5.69 Å². The van der Waals surface area contributed by atoms with Crippen LogP contribution in [-0.2, 0) is 13.1 Å². The van der Waals surface area contributed by atoms with E-state index in [9.17, 15) is 18.4 Å². The number of nitrogens with two attached hydrogens (primary N) is 1. The van der Waals surface area contributed by atoms with Gasteiger partial charge in [0.1, 0.15) is 23.1 Å². The number of methoxy groups -OCH3 is 1. The average Bonchev–Trinajstić information content (AvgIpc) is 3.45. The van der Waals surface area contributed by atoms with Crippen molar-refractivity contribution in [2.45, 2.75) is 38.4 Å². The maximum absolute atomic E-state index is 14.6. The fourth-order valence-electron chi connectivity index (χ4n) is 5.45. The van der Waals surface area contributed by atoms with Crippen molar-refractivity contribution in [3.63, 3.8) is 0 Å². The second kappa shape index (κ2) is 11.5. The molecule has 4 aromatic rings. The quantitative estimate of drug-likeness (QED) is 0.356. The minimum absolute atomic E-state index is 0.0789. The number of halogens is 2. The van der Waals surface area contributed by atoms with E-state index < -0.39 is 28.9 Å². The van der Waals surface area contributed by atoms with Gasteiger partial charge < -0.3 is 15.4 Å². The minimum Gasteiger partial charge on any atom is -0.497 e. The summed E-state index contributed by atoms with van der Waals surface area (Å²) < 4.78 is 36.9. The van der Waals surface area contributed by atoms with E-state index in [0.29, 0.717) is 24.5 Å². The molecule has 9 heteroatoms. The summed E-state index contributed by atoms with van der Waals surface area (Å²) in [4.78, 5) is 29.6. The van der Waals surface area contributed by atoms with Crippen molar-refractivity contribution in [3.05, 3.63) is 128 Å². The monoisotopic (exact) mass is 546 g/mol. The first kappa shape index (κ1) is 27.3. The maximum atomic E-state index is 14.6. The molecule has 2 atom stereocenters. The van der Waals surface area contributed by atoms with E-state index >= 15 is 0 Å². The van der Waals surface area contributed by atoms with Gasteiger partial charge in [0.25, 0.3) is 5.56 Å². The topological polar surface area (TPSA) is 82.5 Å². The number of rotatable bonds is 8. The number of nitrogens with zero attached hydrogens (tertiary/aromatic N) is 3. The first-order chi connectivity index (χ1) is 19.3. The molecule has 0 amide bonds. The number of benzene rings is 3. The largest absolute Gasteiger partial charge is 0.497 e. The van der Waals surface area contributed by atoms with Crippen molar-refractivity contribution in [2.24, 2.45) is 5.73 Å². The van der Waals surface area contributed by atoms with Crippen LogP contribution in [-0.4, -0.2) is 29.3 Å². The van der Waals surface area contributed by atoms with Gasteiger partial charge in [-0.3, -0.25) is 13.9 Å². The third-order valence-electron chi connectivity index (χ3n) is 7.73. The molecule has 40 heavy (non-hydrogen) atoms. The highest BCUT2D eigenvalue weighted by Crippen LogP contribution is 2.31. The molecule has 1 aliphatic heterocycles. The molecule has 5 rings (SSSR count). The Labute approximate surface area is 231 Å². The van der Waals surface area contributed by atoms with Gasteiger partial charge in [-0.25, -0.2) is 13.6 Å². The molecular formula is C31H32F2N4O3. The van der Waals surface area contributed by atoms with Crippen molar-refractivity contribution in [2.75, 3.05) is 25.1 Å². The Bertz CT molecular complexity index is 1600. The number of aromatic nitrogens is 2. The fourth-order valence-corrected chi connectivity index (χ4v) is 5.45. The van der Waals surface area contributed by atoms with Crippen LogP contribution < -0.4 is 26.6 Å². The summed E-state index contributed by atoms with van der Waals surface area (Å²) in [7, 11) is 1.62. The number of hydrogen-bond donors (Lipinski definition) is 1. The van der Waals surface area contributed by atoms with Gasteiger partial charge in [-0.2, -0.15) is 0 Å². The van der Waals surface area contributed by atoms with Crippen molar-refractivity contribution < 1.29 is 13.5 Å². The molecule has 1 aliphatic rings. The molecule has 0 radical (unpaired) electrons. The molecule has 1 unspecified atom stereocenters. The SMILES string of the molecule is COc1ccc(C2CCN(c3c(C)n(Cc4c(F)cccc4F)c(=O)n(C[C@H](N)c4ccccc4)c3=O)C2)cc1. The molecule has 0 saturated carbocycles. The lowest BCUT2D eigenvalue weighted by molar-refractivity contribution is 0.414. The molecule has 208 valence electrons. The molecule has 7 nitrogen and oxygen atoms in total. The van der Waals surface area contributed by atoms with Gasteiger partial charge in [0.15, 0.2) is 0 Å². The summed E-state index contributed by atoms with van der Waals surface area (Å²) in [6.45, 7) is 2.36. The molecule has 1 fully saturated rings. The summed E-state index contributed by atoms with van der Waals surface area (Å²) in [5.74, 6) is -0.590. The van der Waals surface area contributed by atoms with Crippen LogP contribution in [0.4, 0.5) is 14.5 Å². The standard InChI is InChI=1S/C31H32F2N4O3/c1-20-29(35-16-15-23(17-35)21-11-13-24(40-2)14-12-21)30(38)37(19-28(34)22-7-4-3-5-8-22)31(39)36(20)18-25-26(32)9-6-10-27(25)33/h3-14,23,28H,15-19,34H2,1-2H3/t23?,28-/m0/s1. The molecule has 1 saturated heterocycles. The zero-order valence-corrected chi connectivity index (χ0v) is 22.5. The van der Waals surface area contributed by atoms with Crippen LogP contribution in [0.1, 0.15) is 40.8 Å². The van der Waals surface area contributed by atoms with E-state index in [1.807, 2.05) is 59.5 Å². The number of anilines is 1. The predicted octanol–water partition coefficient (Wildman–Crippen LogP) is 4.35. The lowest BCUT2D eigenvalue weighted by atomic mass is 9.98. The molecule has 2 heterocycles. The van der Waals surface area contributed by atoms with Gasteiger partial charge in [-0.1, -0.05) is 48.5 Å². The lowest BCUT2D eigenvalue weighted by Gasteiger charge is -2.25. The Morgan fingerprint density at radius 1 is 0.950 bits per heavy atom. The van der Waals surface area contributed by atoms with Crippen LogP contribution in [0, 0.1) is 18.6 Å². The summed E-state index contributed by atoms with van der Waals surface area (Å²) in [6.07, 6.45) is 0.801.